The third kappa shape index (κ3) is 72.2. The van der Waals surface area contributed by atoms with Crippen molar-refractivity contribution < 1.29 is 80.2 Å². The SMILES string of the molecule is CCCCCCCCCCCCCCCCCCCCCC(=O)O[C@H](COC(=O)CCCCCCCCCCCCCCCCCC(C)C)COP(=O)(O)OC[C@@H](O)COP(=O)(O)OC[C@@H](COC(=O)CCCCCCCCCCCC)OC(=O)CCCCCCCCCC(C)C. The van der Waals surface area contributed by atoms with Crippen LogP contribution in [-0.4, -0.2) is 96.7 Å². The highest BCUT2D eigenvalue weighted by atomic mass is 31.2. The van der Waals surface area contributed by atoms with Gasteiger partial charge in [0.1, 0.15) is 19.3 Å². The van der Waals surface area contributed by atoms with Gasteiger partial charge in [-0.3, -0.25) is 37.3 Å². The summed E-state index contributed by atoms with van der Waals surface area (Å²) in [6.07, 6.45) is 58.4. The molecule has 0 spiro atoms. The topological polar surface area (TPSA) is 237 Å². The van der Waals surface area contributed by atoms with Crippen LogP contribution < -0.4 is 0 Å². The van der Waals surface area contributed by atoms with Gasteiger partial charge in [-0.15, -0.1) is 0 Å². The maximum absolute atomic E-state index is 13.1. The van der Waals surface area contributed by atoms with Gasteiger partial charge >= 0.3 is 39.5 Å². The molecule has 0 aromatic carbocycles. The molecule has 0 bridgehead atoms. The van der Waals surface area contributed by atoms with Crippen molar-refractivity contribution in [2.45, 2.75) is 426 Å². The molecule has 0 fully saturated rings. The summed E-state index contributed by atoms with van der Waals surface area (Å²) < 4.78 is 68.5. The van der Waals surface area contributed by atoms with Crippen molar-refractivity contribution in [3.8, 4) is 0 Å². The van der Waals surface area contributed by atoms with Crippen LogP contribution in [0.25, 0.3) is 0 Å². The number of unbranched alkanes of at least 4 members (excludes halogenated alkanes) is 47. The highest BCUT2D eigenvalue weighted by Crippen LogP contribution is 2.45. The Balaban J connectivity index is 5.20. The minimum Gasteiger partial charge on any atom is -0.462 e. The van der Waals surface area contributed by atoms with E-state index in [1.54, 1.807) is 0 Å². The van der Waals surface area contributed by atoms with Crippen molar-refractivity contribution in [2.75, 3.05) is 39.6 Å². The zero-order valence-corrected chi connectivity index (χ0v) is 65.2. The molecule has 576 valence electrons. The molecule has 0 aliphatic rings. The van der Waals surface area contributed by atoms with Crippen molar-refractivity contribution in [1.29, 1.82) is 0 Å². The number of carbonyl (C=O) groups excluding carboxylic acids is 4. The summed E-state index contributed by atoms with van der Waals surface area (Å²) in [5, 5.41) is 10.6. The Hall–Kier alpha value is -1.94. The van der Waals surface area contributed by atoms with Gasteiger partial charge in [0.25, 0.3) is 0 Å². The molecule has 0 heterocycles. The van der Waals surface area contributed by atoms with E-state index in [0.29, 0.717) is 31.6 Å². The van der Waals surface area contributed by atoms with Crippen LogP contribution >= 0.6 is 15.6 Å². The van der Waals surface area contributed by atoms with Gasteiger partial charge in [0, 0.05) is 25.7 Å². The summed E-state index contributed by atoms with van der Waals surface area (Å²) in [6, 6.07) is 0. The fourth-order valence-electron chi connectivity index (χ4n) is 12.0. The average Bonchev–Trinajstić information content (AvgIpc) is 1.34. The van der Waals surface area contributed by atoms with Gasteiger partial charge in [0.15, 0.2) is 12.2 Å². The molecule has 0 radical (unpaired) electrons. The van der Waals surface area contributed by atoms with E-state index in [2.05, 4.69) is 41.5 Å². The quantitative estimate of drug-likeness (QED) is 0.0222. The molecule has 19 heteroatoms. The minimum atomic E-state index is -4.96. The Morgan fingerprint density at radius 1 is 0.278 bits per heavy atom. The molecule has 0 saturated carbocycles. The summed E-state index contributed by atoms with van der Waals surface area (Å²) in [5.41, 5.74) is 0. The highest BCUT2D eigenvalue weighted by Gasteiger charge is 2.30. The summed E-state index contributed by atoms with van der Waals surface area (Å²) in [6.45, 7) is 9.57. The van der Waals surface area contributed by atoms with Crippen LogP contribution in [0.4, 0.5) is 0 Å². The monoisotopic (exact) mass is 1420 g/mol. The van der Waals surface area contributed by atoms with E-state index >= 15 is 0 Å². The molecule has 3 N–H and O–H groups in total. The van der Waals surface area contributed by atoms with Gasteiger partial charge in [-0.05, 0) is 37.5 Å². The molecule has 0 aromatic heterocycles. The molecular weight excluding hydrogens is 1270 g/mol. The predicted octanol–water partition coefficient (Wildman–Crippen LogP) is 23.1. The van der Waals surface area contributed by atoms with Gasteiger partial charge in [0.2, 0.25) is 0 Å². The van der Waals surface area contributed by atoms with Crippen LogP contribution in [0.1, 0.15) is 408 Å². The molecule has 97 heavy (non-hydrogen) atoms. The standard InChI is InChI=1S/C78H152O17P2/c1-7-9-11-13-15-17-19-20-21-22-23-24-27-31-34-38-44-50-56-62-77(82)94-73(66-89-76(81)61-55-49-43-37-33-30-28-25-26-29-32-35-40-46-52-58-70(3)4)68-92-96(84,85)90-64-72(79)65-91-97(86,87)93-69-74(95-78(83)63-57-51-45-39-41-47-53-59-71(5)6)67-88-75(80)60-54-48-42-36-18-16-14-12-10-8-2/h70-74,79H,7-69H2,1-6H3,(H,84,85)(H,86,87)/t72-,73-,74-/m1/s1. The molecule has 0 aromatic rings. The summed E-state index contributed by atoms with van der Waals surface area (Å²) >= 11 is 0. The third-order valence-electron chi connectivity index (χ3n) is 18.2. The van der Waals surface area contributed by atoms with E-state index in [1.807, 2.05) is 0 Å². The number of phosphoric ester groups is 2. The van der Waals surface area contributed by atoms with Gasteiger partial charge in [0.05, 0.1) is 26.4 Å². The van der Waals surface area contributed by atoms with Gasteiger partial charge < -0.3 is 33.8 Å². The van der Waals surface area contributed by atoms with Crippen LogP contribution in [0.5, 0.6) is 0 Å². The number of aliphatic hydroxyl groups is 1. The maximum Gasteiger partial charge on any atom is 0.472 e. The number of phosphoric acid groups is 2. The molecule has 5 atom stereocenters. The lowest BCUT2D eigenvalue weighted by Crippen LogP contribution is -2.30. The van der Waals surface area contributed by atoms with Gasteiger partial charge in [-0.2, -0.15) is 0 Å². The summed E-state index contributed by atoms with van der Waals surface area (Å²) in [4.78, 5) is 72.8. The van der Waals surface area contributed by atoms with Gasteiger partial charge in [-0.1, -0.05) is 356 Å². The Bertz CT molecular complexity index is 1870. The van der Waals surface area contributed by atoms with Crippen LogP contribution in [0, 0.1) is 11.8 Å². The second-order valence-electron chi connectivity index (χ2n) is 29.1. The smallest absolute Gasteiger partial charge is 0.462 e. The number of esters is 4. The molecule has 17 nitrogen and oxygen atoms in total. The number of carbonyl (C=O) groups is 4. The normalized spacial score (nSPS) is 14.0. The van der Waals surface area contributed by atoms with E-state index in [4.69, 9.17) is 37.0 Å². The van der Waals surface area contributed by atoms with Crippen molar-refractivity contribution >= 4 is 39.5 Å². The fourth-order valence-corrected chi connectivity index (χ4v) is 13.6. The van der Waals surface area contributed by atoms with Crippen LogP contribution in [0.15, 0.2) is 0 Å². The first-order valence-electron chi connectivity index (χ1n) is 40.5. The van der Waals surface area contributed by atoms with Crippen molar-refractivity contribution in [3.63, 3.8) is 0 Å². The molecule has 0 saturated heterocycles. The molecular formula is C78H152O17P2. The minimum absolute atomic E-state index is 0.104. The average molecular weight is 1420 g/mol. The Morgan fingerprint density at radius 3 is 0.701 bits per heavy atom. The van der Waals surface area contributed by atoms with E-state index in [9.17, 15) is 43.2 Å². The van der Waals surface area contributed by atoms with Crippen molar-refractivity contribution in [2.24, 2.45) is 11.8 Å². The number of ether oxygens (including phenoxy) is 4. The van der Waals surface area contributed by atoms with E-state index in [-0.39, 0.29) is 25.7 Å². The largest absolute Gasteiger partial charge is 0.472 e. The highest BCUT2D eigenvalue weighted by molar-refractivity contribution is 7.47. The molecule has 0 amide bonds. The molecule has 0 aliphatic heterocycles. The second kappa shape index (κ2) is 69.8. The number of aliphatic hydroxyl groups excluding tert-OH is 1. The van der Waals surface area contributed by atoms with Gasteiger partial charge in [-0.25, -0.2) is 9.13 Å². The Labute approximate surface area is 594 Å². The van der Waals surface area contributed by atoms with Crippen molar-refractivity contribution in [3.05, 3.63) is 0 Å². The van der Waals surface area contributed by atoms with E-state index < -0.39 is 97.5 Å². The van der Waals surface area contributed by atoms with Crippen LogP contribution in [0.3, 0.4) is 0 Å². The zero-order valence-electron chi connectivity index (χ0n) is 63.4. The Morgan fingerprint density at radius 2 is 0.474 bits per heavy atom. The van der Waals surface area contributed by atoms with E-state index in [0.717, 1.165) is 95.8 Å². The van der Waals surface area contributed by atoms with Crippen LogP contribution in [0.2, 0.25) is 0 Å². The van der Waals surface area contributed by atoms with E-state index in [1.165, 1.54) is 225 Å². The molecule has 0 rings (SSSR count). The number of hydrogen-bond donors (Lipinski definition) is 3. The lowest BCUT2D eigenvalue weighted by atomic mass is 10.0. The maximum atomic E-state index is 13.1. The molecule has 2 unspecified atom stereocenters. The number of rotatable bonds is 77. The predicted molar refractivity (Wildman–Crippen MR) is 395 cm³/mol. The lowest BCUT2D eigenvalue weighted by molar-refractivity contribution is -0.161. The van der Waals surface area contributed by atoms with Crippen LogP contribution in [-0.2, 0) is 65.4 Å². The lowest BCUT2D eigenvalue weighted by Gasteiger charge is -2.21. The Kier molecular flexibility index (Phi) is 68.4. The third-order valence-corrected chi connectivity index (χ3v) is 20.1. The second-order valence-corrected chi connectivity index (χ2v) is 32.0. The zero-order chi connectivity index (χ0) is 71.4. The first-order chi connectivity index (χ1) is 46.9. The molecule has 0 aliphatic carbocycles. The summed E-state index contributed by atoms with van der Waals surface area (Å²) in [5.74, 6) is -0.613. The fraction of sp³-hybridized carbons (Fsp3) is 0.949. The first-order valence-corrected chi connectivity index (χ1v) is 43.5. The number of hydrogen-bond acceptors (Lipinski definition) is 15. The van der Waals surface area contributed by atoms with Crippen molar-refractivity contribution in [1.82, 2.24) is 0 Å². The first kappa shape index (κ1) is 95.1. The summed E-state index contributed by atoms with van der Waals surface area (Å²) in [7, 11) is -9.91.